The molecule has 0 unspecified atom stereocenters. The molecular formula is C2H6NZn. The molecule has 1 nitrogen and oxygen atoms in total. The molecule has 4 heavy (non-hydrogen) atoms. The predicted molar refractivity (Wildman–Crippen MR) is 13.2 cm³/mol. The summed E-state index contributed by atoms with van der Waals surface area (Å²) in [6.45, 7) is 2.08. The van der Waals surface area contributed by atoms with Crippen molar-refractivity contribution < 1.29 is 16.9 Å². The molecular weight excluding hydrogens is 103 g/mol. The molecule has 0 aliphatic heterocycles. The van der Waals surface area contributed by atoms with Crippen LogP contribution in [0.3, 0.4) is 0 Å². The molecule has 0 aromatic heterocycles. The zero-order valence-corrected chi connectivity index (χ0v) is 5.88. The summed E-state index contributed by atoms with van der Waals surface area (Å²) in [5.41, 5.74) is 0. The molecule has 0 atom stereocenters. The van der Waals surface area contributed by atoms with Crippen molar-refractivity contribution >= 4 is 0 Å². The molecule has 1 N–H and O–H groups in total. The van der Waals surface area contributed by atoms with E-state index in [9.17, 15) is 0 Å². The Morgan fingerprint density at radius 3 is 2.25 bits per heavy atom. The van der Waals surface area contributed by atoms with Crippen molar-refractivity contribution in [3.63, 3.8) is 0 Å². The van der Waals surface area contributed by atoms with E-state index in [-0.39, 0.29) is 0 Å². The monoisotopic (exact) mass is 108 g/mol. The molecule has 0 rings (SSSR count). The number of hydrogen-bond donors (Lipinski definition) is 1. The van der Waals surface area contributed by atoms with Crippen LogP contribution in [0, 0.1) is 4.10 Å². The fourth-order valence-corrected chi connectivity index (χ4v) is 0. The van der Waals surface area contributed by atoms with Crippen LogP contribution < -0.4 is 0 Å². The summed E-state index contributed by atoms with van der Waals surface area (Å²) < 4.78 is 6.64. The molecule has 2 heteroatoms. The summed E-state index contributed by atoms with van der Waals surface area (Å²) in [4.78, 5) is 0. The predicted octanol–water partition coefficient (Wildman–Crippen LogP) is 1.27. The molecule has 0 bridgehead atoms. The molecule has 0 saturated carbocycles. The van der Waals surface area contributed by atoms with Gasteiger partial charge in [-0.3, -0.25) is 0 Å². The first-order valence-corrected chi connectivity index (χ1v) is 5.14. The third-order valence-corrected chi connectivity index (χ3v) is 1.30. The van der Waals surface area contributed by atoms with Crippen molar-refractivity contribution in [1.82, 2.24) is 0 Å². The van der Waals surface area contributed by atoms with Gasteiger partial charge in [0.1, 0.15) is 0 Å². The van der Waals surface area contributed by atoms with Gasteiger partial charge < -0.3 is 0 Å². The second kappa shape index (κ2) is 3.42. The van der Waals surface area contributed by atoms with E-state index in [0.717, 1.165) is 0 Å². The number of nitrogens with one attached hydrogen (secondary N) is 1. The third kappa shape index (κ3) is 2.42. The number of hydrogen-bond acceptors (Lipinski definition) is 1. The van der Waals surface area contributed by atoms with Crippen LogP contribution in [0.15, 0.2) is 0 Å². The zero-order valence-electron chi connectivity index (χ0n) is 2.91. The van der Waals surface area contributed by atoms with Gasteiger partial charge in [0.05, 0.1) is 0 Å². The Labute approximate surface area is 33.6 Å². The summed E-state index contributed by atoms with van der Waals surface area (Å²) in [6.07, 6.45) is 0. The molecule has 0 saturated heterocycles. The van der Waals surface area contributed by atoms with E-state index in [1.54, 1.807) is 0 Å². The van der Waals surface area contributed by atoms with Crippen molar-refractivity contribution in [3.05, 3.63) is 0 Å². The topological polar surface area (TPSA) is 23.9 Å². The Kier molecular flexibility index (Phi) is 3.79. The first kappa shape index (κ1) is 4.42. The van der Waals surface area contributed by atoms with Crippen molar-refractivity contribution in [3.8, 4) is 0 Å². The maximum absolute atomic E-state index is 6.64. The molecule has 0 radical (unpaired) electrons. The Hall–Kier alpha value is 0.423. The van der Waals surface area contributed by atoms with Gasteiger partial charge in [-0.1, -0.05) is 0 Å². The molecule has 0 aromatic carbocycles. The van der Waals surface area contributed by atoms with Gasteiger partial charge in [0, 0.05) is 0 Å². The Bertz CT molecular complexity index is 20.0. The molecule has 0 fully saturated rings. The average Bonchev–Trinajstić information content (AvgIpc) is 1.37. The third-order valence-electron chi connectivity index (χ3n) is 0.250. The second-order valence-electron chi connectivity index (χ2n) is 0.750. The summed E-state index contributed by atoms with van der Waals surface area (Å²) >= 11 is -0.639. The van der Waals surface area contributed by atoms with E-state index in [1.807, 2.05) is 0 Å². The zero-order chi connectivity index (χ0) is 3.41. The fraction of sp³-hybridized carbons (Fsp3) is 1.00. The van der Waals surface area contributed by atoms with E-state index in [4.69, 9.17) is 4.10 Å². The minimum atomic E-state index is -0.639. The maximum atomic E-state index is 6.64. The van der Waals surface area contributed by atoms with Crippen molar-refractivity contribution in [2.24, 2.45) is 0 Å². The average molecular weight is 109 g/mol. The Balaban J connectivity index is 2.30. The molecule has 0 aromatic rings. The van der Waals surface area contributed by atoms with E-state index in [1.165, 1.54) is 5.02 Å². The van der Waals surface area contributed by atoms with Gasteiger partial charge in [0.25, 0.3) is 0 Å². The van der Waals surface area contributed by atoms with Gasteiger partial charge in [-0.2, -0.15) is 0 Å². The van der Waals surface area contributed by atoms with Crippen LogP contribution in [0.1, 0.15) is 6.92 Å². The van der Waals surface area contributed by atoms with E-state index < -0.39 is 16.9 Å². The normalized spacial score (nSPS) is 5.25. The van der Waals surface area contributed by atoms with Crippen LogP contribution in [0.2, 0.25) is 5.02 Å². The van der Waals surface area contributed by atoms with Crippen molar-refractivity contribution in [2.45, 2.75) is 11.9 Å². The molecule has 0 amide bonds. The molecule has 0 aliphatic carbocycles. The first-order chi connectivity index (χ1) is 1.91. The van der Waals surface area contributed by atoms with E-state index >= 15 is 0 Å². The molecule has 21 valence electrons. The van der Waals surface area contributed by atoms with Crippen LogP contribution in [-0.4, -0.2) is 0 Å². The van der Waals surface area contributed by atoms with Crippen molar-refractivity contribution in [2.75, 3.05) is 0 Å². The molecule has 0 heterocycles. The standard InChI is InChI=1S/C2H5.HN.Zn/c1-2;;/h1H2,2H3;1H;. The van der Waals surface area contributed by atoms with Crippen LogP contribution in [0.4, 0.5) is 0 Å². The van der Waals surface area contributed by atoms with E-state index in [2.05, 4.69) is 6.92 Å². The van der Waals surface area contributed by atoms with Gasteiger partial charge >= 0.3 is 33.0 Å². The van der Waals surface area contributed by atoms with Crippen LogP contribution >= 0.6 is 0 Å². The summed E-state index contributed by atoms with van der Waals surface area (Å²) in [6, 6.07) is 0. The van der Waals surface area contributed by atoms with Gasteiger partial charge in [-0.05, 0) is 0 Å². The van der Waals surface area contributed by atoms with Gasteiger partial charge in [-0.25, -0.2) is 0 Å². The van der Waals surface area contributed by atoms with Crippen LogP contribution in [0.5, 0.6) is 0 Å². The number of rotatable bonds is 1. The van der Waals surface area contributed by atoms with Gasteiger partial charge in [0.15, 0.2) is 0 Å². The van der Waals surface area contributed by atoms with Gasteiger partial charge in [-0.15, -0.1) is 0 Å². The SMILES string of the molecule is C[CH2][Zn]=[NH]. The van der Waals surface area contributed by atoms with Crippen LogP contribution in [-0.2, 0) is 16.9 Å². The Morgan fingerprint density at radius 1 is 2.00 bits per heavy atom. The van der Waals surface area contributed by atoms with Crippen LogP contribution in [0.25, 0.3) is 0 Å². The molecule has 0 spiro atoms. The summed E-state index contributed by atoms with van der Waals surface area (Å²) in [7, 11) is 0. The first-order valence-electron chi connectivity index (χ1n) is 1.56. The Morgan fingerprint density at radius 2 is 2.25 bits per heavy atom. The minimum absolute atomic E-state index is 0.639. The fourth-order valence-electron chi connectivity index (χ4n) is 0. The summed E-state index contributed by atoms with van der Waals surface area (Å²) in [5, 5.41) is 1.17. The van der Waals surface area contributed by atoms with Crippen molar-refractivity contribution in [1.29, 1.82) is 4.10 Å². The second-order valence-corrected chi connectivity index (χ2v) is 3.90. The van der Waals surface area contributed by atoms with Gasteiger partial charge in [0.2, 0.25) is 0 Å². The molecule has 0 aliphatic rings. The van der Waals surface area contributed by atoms with E-state index in [0.29, 0.717) is 0 Å². The quantitative estimate of drug-likeness (QED) is 0.491. The summed E-state index contributed by atoms with van der Waals surface area (Å²) in [5.74, 6) is 0.